The van der Waals surface area contributed by atoms with Crippen molar-refractivity contribution in [2.24, 2.45) is 5.92 Å². The molecule has 1 saturated heterocycles. The van der Waals surface area contributed by atoms with Crippen LogP contribution in [0.4, 0.5) is 5.69 Å². The SMILES string of the molecule is COc1ccc(N2Cc3cccc(Cl)c3C2=O)cc1OCCN1CCC(C)CC1. The van der Waals surface area contributed by atoms with Crippen LogP contribution in [0.15, 0.2) is 36.4 Å². The molecule has 6 heteroatoms. The zero-order valence-electron chi connectivity index (χ0n) is 17.0. The first-order valence-electron chi connectivity index (χ1n) is 10.2. The highest BCUT2D eigenvalue weighted by molar-refractivity contribution is 6.35. The van der Waals surface area contributed by atoms with Crippen LogP contribution >= 0.6 is 11.6 Å². The van der Waals surface area contributed by atoms with Gasteiger partial charge in [0.2, 0.25) is 0 Å². The second-order valence-electron chi connectivity index (χ2n) is 7.87. The van der Waals surface area contributed by atoms with Crippen molar-refractivity contribution in [1.82, 2.24) is 4.90 Å². The van der Waals surface area contributed by atoms with E-state index in [1.165, 1.54) is 12.8 Å². The zero-order chi connectivity index (χ0) is 20.4. The van der Waals surface area contributed by atoms with Crippen LogP contribution in [-0.4, -0.2) is 44.2 Å². The number of halogens is 1. The highest BCUT2D eigenvalue weighted by Gasteiger charge is 2.31. The van der Waals surface area contributed by atoms with E-state index in [9.17, 15) is 4.79 Å². The summed E-state index contributed by atoms with van der Waals surface area (Å²) < 4.78 is 11.5. The van der Waals surface area contributed by atoms with Gasteiger partial charge in [-0.25, -0.2) is 0 Å². The molecule has 0 saturated carbocycles. The Morgan fingerprint density at radius 3 is 2.66 bits per heavy atom. The van der Waals surface area contributed by atoms with Crippen molar-refractivity contribution in [3.63, 3.8) is 0 Å². The second-order valence-corrected chi connectivity index (χ2v) is 8.28. The molecule has 0 unspecified atom stereocenters. The molecule has 154 valence electrons. The topological polar surface area (TPSA) is 42.0 Å². The van der Waals surface area contributed by atoms with Gasteiger partial charge in [0.15, 0.2) is 11.5 Å². The number of benzene rings is 2. The monoisotopic (exact) mass is 414 g/mol. The molecule has 2 aromatic rings. The maximum Gasteiger partial charge on any atom is 0.260 e. The van der Waals surface area contributed by atoms with Gasteiger partial charge in [-0.15, -0.1) is 0 Å². The van der Waals surface area contributed by atoms with Crippen LogP contribution < -0.4 is 14.4 Å². The average molecular weight is 415 g/mol. The minimum atomic E-state index is -0.0795. The Kier molecular flexibility index (Phi) is 5.97. The third-order valence-electron chi connectivity index (χ3n) is 5.89. The van der Waals surface area contributed by atoms with E-state index in [4.69, 9.17) is 21.1 Å². The third kappa shape index (κ3) is 4.21. The number of fused-ring (bicyclic) bond motifs is 1. The number of piperidine rings is 1. The Balaban J connectivity index is 1.46. The molecule has 29 heavy (non-hydrogen) atoms. The van der Waals surface area contributed by atoms with E-state index in [-0.39, 0.29) is 5.91 Å². The van der Waals surface area contributed by atoms with E-state index in [2.05, 4.69) is 11.8 Å². The van der Waals surface area contributed by atoms with Crippen LogP contribution in [0, 0.1) is 5.92 Å². The quantitative estimate of drug-likeness (QED) is 0.691. The van der Waals surface area contributed by atoms with Gasteiger partial charge in [0.05, 0.1) is 24.2 Å². The standard InChI is InChI=1S/C23H27ClN2O3/c1-16-8-10-25(11-9-16)12-13-29-21-14-18(6-7-20(21)28-2)26-15-17-4-3-5-19(24)22(17)23(26)27/h3-7,14,16H,8-13,15H2,1-2H3. The van der Waals surface area contributed by atoms with E-state index >= 15 is 0 Å². The van der Waals surface area contributed by atoms with Crippen LogP contribution in [0.1, 0.15) is 35.7 Å². The van der Waals surface area contributed by atoms with Gasteiger partial charge in [-0.1, -0.05) is 30.7 Å². The van der Waals surface area contributed by atoms with Crippen molar-refractivity contribution in [3.8, 4) is 11.5 Å². The third-order valence-corrected chi connectivity index (χ3v) is 6.20. The van der Waals surface area contributed by atoms with Gasteiger partial charge in [-0.3, -0.25) is 9.69 Å². The average Bonchev–Trinajstić information content (AvgIpc) is 3.07. The van der Waals surface area contributed by atoms with Crippen LogP contribution in [-0.2, 0) is 6.54 Å². The number of hydrogen-bond acceptors (Lipinski definition) is 4. The number of amides is 1. The molecule has 1 fully saturated rings. The van der Waals surface area contributed by atoms with Crippen LogP contribution in [0.3, 0.4) is 0 Å². The van der Waals surface area contributed by atoms with E-state index in [0.717, 1.165) is 36.8 Å². The molecule has 2 heterocycles. The van der Waals surface area contributed by atoms with Crippen molar-refractivity contribution >= 4 is 23.2 Å². The molecule has 5 nitrogen and oxygen atoms in total. The van der Waals surface area contributed by atoms with Gasteiger partial charge in [0, 0.05) is 18.3 Å². The molecule has 4 rings (SSSR count). The fraction of sp³-hybridized carbons (Fsp3) is 0.435. The molecular formula is C23H27ClN2O3. The molecule has 1 amide bonds. The number of carbonyl (C=O) groups excluding carboxylic acids is 1. The number of rotatable bonds is 6. The largest absolute Gasteiger partial charge is 0.493 e. The Bertz CT molecular complexity index is 894. The molecule has 2 aliphatic rings. The number of methoxy groups -OCH3 is 1. The molecular weight excluding hydrogens is 388 g/mol. The number of ether oxygens (including phenoxy) is 2. The highest BCUT2D eigenvalue weighted by atomic mass is 35.5. The summed E-state index contributed by atoms with van der Waals surface area (Å²) in [6.07, 6.45) is 2.50. The molecule has 0 aromatic heterocycles. The van der Waals surface area contributed by atoms with Crippen LogP contribution in [0.25, 0.3) is 0 Å². The van der Waals surface area contributed by atoms with Crippen molar-refractivity contribution in [2.45, 2.75) is 26.3 Å². The lowest BCUT2D eigenvalue weighted by Gasteiger charge is -2.30. The molecule has 0 bridgehead atoms. The molecule has 0 aliphatic carbocycles. The summed E-state index contributed by atoms with van der Waals surface area (Å²) in [6, 6.07) is 11.2. The second kappa shape index (κ2) is 8.64. The predicted octanol–water partition coefficient (Wildman–Crippen LogP) is 4.62. The van der Waals surface area contributed by atoms with Gasteiger partial charge in [-0.05, 0) is 55.6 Å². The number of carbonyl (C=O) groups is 1. The summed E-state index contributed by atoms with van der Waals surface area (Å²) >= 11 is 6.25. The van der Waals surface area contributed by atoms with Gasteiger partial charge in [0.25, 0.3) is 5.91 Å². The van der Waals surface area contributed by atoms with Crippen molar-refractivity contribution in [1.29, 1.82) is 0 Å². The van der Waals surface area contributed by atoms with Crippen molar-refractivity contribution in [3.05, 3.63) is 52.5 Å². The number of likely N-dealkylation sites (tertiary alicyclic amines) is 1. The summed E-state index contributed by atoms with van der Waals surface area (Å²) in [5, 5.41) is 0.496. The van der Waals surface area contributed by atoms with Gasteiger partial charge < -0.3 is 14.4 Å². The van der Waals surface area contributed by atoms with Gasteiger partial charge in [0.1, 0.15) is 6.61 Å². The van der Waals surface area contributed by atoms with Crippen LogP contribution in [0.5, 0.6) is 11.5 Å². The van der Waals surface area contributed by atoms with E-state index in [1.54, 1.807) is 18.1 Å². The predicted molar refractivity (Wildman–Crippen MR) is 115 cm³/mol. The Labute approximate surface area is 177 Å². The summed E-state index contributed by atoms with van der Waals surface area (Å²) in [5.74, 6) is 2.07. The molecule has 0 N–H and O–H groups in total. The summed E-state index contributed by atoms with van der Waals surface area (Å²) in [5.41, 5.74) is 2.32. The van der Waals surface area contributed by atoms with Crippen molar-refractivity contribution < 1.29 is 14.3 Å². The normalized spacial score (nSPS) is 17.5. The summed E-state index contributed by atoms with van der Waals surface area (Å²) in [4.78, 5) is 17.1. The molecule has 0 radical (unpaired) electrons. The lowest BCUT2D eigenvalue weighted by Crippen LogP contribution is -2.35. The first-order valence-corrected chi connectivity index (χ1v) is 10.6. The number of anilines is 1. The van der Waals surface area contributed by atoms with E-state index in [0.29, 0.717) is 35.2 Å². The molecule has 0 atom stereocenters. The lowest BCUT2D eigenvalue weighted by atomic mass is 9.99. The number of hydrogen-bond donors (Lipinski definition) is 0. The highest BCUT2D eigenvalue weighted by Crippen LogP contribution is 2.37. The van der Waals surface area contributed by atoms with E-state index < -0.39 is 0 Å². The summed E-state index contributed by atoms with van der Waals surface area (Å²) in [7, 11) is 1.63. The van der Waals surface area contributed by atoms with Crippen molar-refractivity contribution in [2.75, 3.05) is 38.3 Å². The maximum atomic E-state index is 12.9. The first-order chi connectivity index (χ1) is 14.1. The Morgan fingerprint density at radius 2 is 1.93 bits per heavy atom. The Morgan fingerprint density at radius 1 is 1.14 bits per heavy atom. The fourth-order valence-corrected chi connectivity index (χ4v) is 4.32. The molecule has 0 spiro atoms. The summed E-state index contributed by atoms with van der Waals surface area (Å²) in [6.45, 7) is 6.56. The smallest absolute Gasteiger partial charge is 0.260 e. The minimum absolute atomic E-state index is 0.0795. The maximum absolute atomic E-state index is 12.9. The van der Waals surface area contributed by atoms with Crippen LogP contribution in [0.2, 0.25) is 5.02 Å². The van der Waals surface area contributed by atoms with Gasteiger partial charge in [-0.2, -0.15) is 0 Å². The van der Waals surface area contributed by atoms with Gasteiger partial charge >= 0.3 is 0 Å². The number of nitrogens with zero attached hydrogens (tertiary/aromatic N) is 2. The zero-order valence-corrected chi connectivity index (χ0v) is 17.7. The van der Waals surface area contributed by atoms with E-state index in [1.807, 2.05) is 30.3 Å². The molecule has 2 aliphatic heterocycles. The fourth-order valence-electron chi connectivity index (χ4n) is 4.04. The Hall–Kier alpha value is -2.24. The minimum Gasteiger partial charge on any atom is -0.493 e. The first kappa shape index (κ1) is 20.0. The lowest BCUT2D eigenvalue weighted by molar-refractivity contribution is 0.0996. The molecule has 2 aromatic carbocycles.